The van der Waals surface area contributed by atoms with Crippen molar-refractivity contribution in [3.8, 4) is 10.7 Å². The lowest BCUT2D eigenvalue weighted by molar-refractivity contribution is -0.147. The van der Waals surface area contributed by atoms with Gasteiger partial charge in [-0.1, -0.05) is 6.07 Å². The predicted octanol–water partition coefficient (Wildman–Crippen LogP) is 1.51. The number of rotatable bonds is 4. The minimum atomic E-state index is -0.901. The largest absolute Gasteiger partial charge is 0.481 e. The molecule has 2 rings (SSSR count). The van der Waals surface area contributed by atoms with Gasteiger partial charge in [-0.2, -0.15) is 0 Å². The summed E-state index contributed by atoms with van der Waals surface area (Å²) in [5.74, 6) is -0.264. The van der Waals surface area contributed by atoms with Gasteiger partial charge in [0.2, 0.25) is 0 Å². The van der Waals surface area contributed by atoms with Gasteiger partial charge in [0.1, 0.15) is 0 Å². The number of carbonyl (C=O) groups is 1. The Bertz CT molecular complexity index is 518. The maximum Gasteiger partial charge on any atom is 0.310 e. The highest BCUT2D eigenvalue weighted by Gasteiger charge is 2.29. The number of aliphatic carboxylic acids is 1. The van der Waals surface area contributed by atoms with E-state index in [-0.39, 0.29) is 6.54 Å². The maximum absolute atomic E-state index is 11.1. The molecule has 0 aromatic carbocycles. The standard InChI is InChI=1S/C10H12N4O2S/c1-10(2,9(15)16)6-14-8(11-12-13-14)7-4-3-5-17-7/h3-5H,6H2,1-2H3,(H,15,16). The van der Waals surface area contributed by atoms with Crippen LogP contribution in [0.2, 0.25) is 0 Å². The third kappa shape index (κ3) is 2.33. The Balaban J connectivity index is 2.30. The summed E-state index contributed by atoms with van der Waals surface area (Å²) >= 11 is 1.52. The maximum atomic E-state index is 11.1. The molecule has 0 spiro atoms. The molecule has 0 fully saturated rings. The summed E-state index contributed by atoms with van der Waals surface area (Å²) in [7, 11) is 0. The van der Waals surface area contributed by atoms with E-state index in [1.54, 1.807) is 13.8 Å². The van der Waals surface area contributed by atoms with Gasteiger partial charge in [0.15, 0.2) is 5.82 Å². The van der Waals surface area contributed by atoms with E-state index < -0.39 is 11.4 Å². The average molecular weight is 252 g/mol. The third-order valence-corrected chi connectivity index (χ3v) is 3.26. The van der Waals surface area contributed by atoms with Crippen molar-refractivity contribution in [3.05, 3.63) is 17.5 Å². The van der Waals surface area contributed by atoms with Crippen LogP contribution in [0.5, 0.6) is 0 Å². The summed E-state index contributed by atoms with van der Waals surface area (Å²) in [5, 5.41) is 22.4. The molecule has 0 radical (unpaired) electrons. The Morgan fingerprint density at radius 3 is 2.94 bits per heavy atom. The molecule has 1 N–H and O–H groups in total. The fourth-order valence-corrected chi connectivity index (χ4v) is 2.05. The monoisotopic (exact) mass is 252 g/mol. The highest BCUT2D eigenvalue weighted by molar-refractivity contribution is 7.13. The molecule has 2 aromatic rings. The quantitative estimate of drug-likeness (QED) is 0.892. The molecule has 2 aromatic heterocycles. The summed E-state index contributed by atoms with van der Waals surface area (Å²) < 4.78 is 1.53. The molecule has 6 nitrogen and oxygen atoms in total. The predicted molar refractivity (Wildman–Crippen MR) is 62.5 cm³/mol. The molecule has 0 atom stereocenters. The lowest BCUT2D eigenvalue weighted by Crippen LogP contribution is -2.30. The minimum absolute atomic E-state index is 0.239. The number of thiophene rings is 1. The summed E-state index contributed by atoms with van der Waals surface area (Å²) in [5.41, 5.74) is -0.901. The number of carboxylic acid groups (broad SMARTS) is 1. The zero-order valence-electron chi connectivity index (χ0n) is 9.49. The van der Waals surface area contributed by atoms with E-state index in [2.05, 4.69) is 15.5 Å². The number of hydrogen-bond acceptors (Lipinski definition) is 5. The molecule has 0 bridgehead atoms. The molecule has 0 aliphatic heterocycles. The lowest BCUT2D eigenvalue weighted by atomic mass is 9.94. The number of carboxylic acids is 1. The van der Waals surface area contributed by atoms with Crippen LogP contribution in [0.15, 0.2) is 17.5 Å². The number of aromatic nitrogens is 4. The number of nitrogens with zero attached hydrogens (tertiary/aromatic N) is 4. The summed E-state index contributed by atoms with van der Waals surface area (Å²) in [4.78, 5) is 12.0. The highest BCUT2D eigenvalue weighted by Crippen LogP contribution is 2.25. The van der Waals surface area contributed by atoms with E-state index in [1.807, 2.05) is 17.5 Å². The molecular formula is C10H12N4O2S. The van der Waals surface area contributed by atoms with Crippen LogP contribution in [0, 0.1) is 5.41 Å². The molecule has 0 aliphatic carbocycles. The normalized spacial score (nSPS) is 11.6. The average Bonchev–Trinajstić information content (AvgIpc) is 2.85. The van der Waals surface area contributed by atoms with Gasteiger partial charge in [-0.05, 0) is 35.7 Å². The summed E-state index contributed by atoms with van der Waals surface area (Å²) in [6.45, 7) is 3.53. The molecule has 2 heterocycles. The minimum Gasteiger partial charge on any atom is -0.481 e. The Morgan fingerprint density at radius 2 is 2.35 bits per heavy atom. The molecule has 0 saturated heterocycles. The van der Waals surface area contributed by atoms with Crippen molar-refractivity contribution in [2.75, 3.05) is 0 Å². The van der Waals surface area contributed by atoms with E-state index in [4.69, 9.17) is 5.11 Å². The van der Waals surface area contributed by atoms with E-state index >= 15 is 0 Å². The Hall–Kier alpha value is -1.76. The van der Waals surface area contributed by atoms with Crippen LogP contribution >= 0.6 is 11.3 Å². The first kappa shape index (κ1) is 11.7. The van der Waals surface area contributed by atoms with Crippen molar-refractivity contribution < 1.29 is 9.90 Å². The zero-order valence-corrected chi connectivity index (χ0v) is 10.3. The van der Waals surface area contributed by atoms with E-state index in [1.165, 1.54) is 16.0 Å². The first-order chi connectivity index (χ1) is 8.00. The smallest absolute Gasteiger partial charge is 0.310 e. The SMILES string of the molecule is CC(C)(Cn1nnnc1-c1cccs1)C(=O)O. The second-order valence-corrected chi connectivity index (χ2v) is 5.27. The van der Waals surface area contributed by atoms with Crippen LogP contribution in [0.4, 0.5) is 0 Å². The first-order valence-corrected chi connectivity index (χ1v) is 5.92. The highest BCUT2D eigenvalue weighted by atomic mass is 32.1. The fourth-order valence-electron chi connectivity index (χ4n) is 1.34. The molecule has 7 heteroatoms. The summed E-state index contributed by atoms with van der Waals surface area (Å²) in [6, 6.07) is 3.81. The van der Waals surface area contributed by atoms with Gasteiger partial charge in [-0.15, -0.1) is 16.4 Å². The molecule has 0 saturated carbocycles. The van der Waals surface area contributed by atoms with Crippen LogP contribution in [0.1, 0.15) is 13.8 Å². The molecule has 17 heavy (non-hydrogen) atoms. The number of tetrazole rings is 1. The Morgan fingerprint density at radius 1 is 1.59 bits per heavy atom. The van der Waals surface area contributed by atoms with Crippen LogP contribution in [0.3, 0.4) is 0 Å². The van der Waals surface area contributed by atoms with Gasteiger partial charge in [-0.3, -0.25) is 4.79 Å². The van der Waals surface area contributed by atoms with Crippen molar-refractivity contribution in [3.63, 3.8) is 0 Å². The molecule has 0 amide bonds. The fraction of sp³-hybridized carbons (Fsp3) is 0.400. The van der Waals surface area contributed by atoms with E-state index in [0.717, 1.165) is 4.88 Å². The Kier molecular flexibility index (Phi) is 2.93. The van der Waals surface area contributed by atoms with Crippen LogP contribution in [0.25, 0.3) is 10.7 Å². The van der Waals surface area contributed by atoms with Gasteiger partial charge in [-0.25, -0.2) is 4.68 Å². The lowest BCUT2D eigenvalue weighted by Gasteiger charge is -2.18. The number of hydrogen-bond donors (Lipinski definition) is 1. The van der Waals surface area contributed by atoms with Crippen molar-refractivity contribution in [1.82, 2.24) is 20.2 Å². The third-order valence-electron chi connectivity index (χ3n) is 2.40. The van der Waals surface area contributed by atoms with Crippen LogP contribution in [-0.2, 0) is 11.3 Å². The van der Waals surface area contributed by atoms with Crippen molar-refractivity contribution in [2.24, 2.45) is 5.41 Å². The second-order valence-electron chi connectivity index (χ2n) is 4.33. The van der Waals surface area contributed by atoms with E-state index in [0.29, 0.717) is 5.82 Å². The van der Waals surface area contributed by atoms with Crippen molar-refractivity contribution in [1.29, 1.82) is 0 Å². The second kappa shape index (κ2) is 4.25. The van der Waals surface area contributed by atoms with Gasteiger partial charge >= 0.3 is 5.97 Å². The molecule has 0 aliphatic rings. The van der Waals surface area contributed by atoms with Crippen molar-refractivity contribution >= 4 is 17.3 Å². The van der Waals surface area contributed by atoms with Gasteiger partial charge in [0.25, 0.3) is 0 Å². The van der Waals surface area contributed by atoms with Gasteiger partial charge in [0, 0.05) is 0 Å². The van der Waals surface area contributed by atoms with Crippen LogP contribution < -0.4 is 0 Å². The van der Waals surface area contributed by atoms with E-state index in [9.17, 15) is 4.79 Å². The zero-order chi connectivity index (χ0) is 12.5. The van der Waals surface area contributed by atoms with Crippen LogP contribution in [-0.4, -0.2) is 31.3 Å². The topological polar surface area (TPSA) is 80.9 Å². The van der Waals surface area contributed by atoms with Gasteiger partial charge < -0.3 is 5.11 Å². The van der Waals surface area contributed by atoms with Gasteiger partial charge in [0.05, 0.1) is 16.8 Å². The van der Waals surface area contributed by atoms with Crippen molar-refractivity contribution in [2.45, 2.75) is 20.4 Å². The molecular weight excluding hydrogens is 240 g/mol. The molecule has 0 unspecified atom stereocenters. The molecule has 90 valence electrons. The summed E-state index contributed by atoms with van der Waals surface area (Å²) in [6.07, 6.45) is 0. The Labute approximate surface area is 102 Å². The first-order valence-electron chi connectivity index (χ1n) is 5.04.